The molecule has 74 valence electrons. The summed E-state index contributed by atoms with van der Waals surface area (Å²) in [7, 11) is 0. The van der Waals surface area contributed by atoms with Crippen LogP contribution in [0, 0.1) is 0 Å². The molecule has 6 heteroatoms. The van der Waals surface area contributed by atoms with Crippen molar-refractivity contribution in [1.29, 1.82) is 0 Å². The molecule has 0 fully saturated rings. The van der Waals surface area contributed by atoms with E-state index in [-0.39, 0.29) is 22.6 Å². The Morgan fingerprint density at radius 3 is 1.58 bits per heavy atom. The first-order valence-electron chi connectivity index (χ1n) is 2.54. The molecule has 0 aliphatic heterocycles. The number of halogens is 1. The van der Waals surface area contributed by atoms with Crippen LogP contribution in [0.15, 0.2) is 12.2 Å². The monoisotopic (exact) mass is 241 g/mol. The van der Waals surface area contributed by atoms with Crippen LogP contribution in [-0.4, -0.2) is 17.8 Å². The number of carboxylic acid groups (broad SMARTS) is 2. The minimum Gasteiger partial charge on any atom is -0.549 e. The smallest absolute Gasteiger partial charge is 0.549 e. The van der Waals surface area contributed by atoms with Gasteiger partial charge in [-0.1, -0.05) is 6.58 Å². The summed E-state index contributed by atoms with van der Waals surface area (Å²) >= 11 is 4.67. The van der Waals surface area contributed by atoms with Gasteiger partial charge in [-0.05, 0) is 12.5 Å². The molecule has 12 heavy (non-hydrogen) atoms. The Kier molecular flexibility index (Phi) is 15.3. The van der Waals surface area contributed by atoms with Gasteiger partial charge in [0.1, 0.15) is 0 Å². The topological polar surface area (TPSA) is 80.3 Å². The van der Waals surface area contributed by atoms with Gasteiger partial charge in [0.05, 0.1) is 17.8 Å². The van der Waals surface area contributed by atoms with Crippen LogP contribution < -0.4 is 10.2 Å². The van der Waals surface area contributed by atoms with E-state index in [0.29, 0.717) is 0 Å². The van der Waals surface area contributed by atoms with Gasteiger partial charge < -0.3 is 19.8 Å². The predicted molar refractivity (Wildman–Crippen MR) is 35.5 cm³/mol. The Morgan fingerprint density at radius 1 is 1.42 bits per heavy atom. The summed E-state index contributed by atoms with van der Waals surface area (Å²) in [6, 6.07) is 0. The first kappa shape index (κ1) is 17.5. The third-order valence-corrected chi connectivity index (χ3v) is 0.676. The molecule has 0 spiro atoms. The number of rotatable bonds is 2. The molecular weight excluding hydrogens is 235 g/mol. The van der Waals surface area contributed by atoms with Gasteiger partial charge in [-0.15, -0.1) is 11.6 Å². The maximum atomic E-state index is 9.49. The van der Waals surface area contributed by atoms with Crippen LogP contribution >= 0.6 is 11.6 Å². The minimum absolute atomic E-state index is 0. The molecule has 0 N–H and O–H groups in total. The normalized spacial score (nSPS) is 6.83. The zero-order chi connectivity index (χ0) is 9.44. The second-order valence-corrected chi connectivity index (χ2v) is 1.84. The second-order valence-electron chi connectivity index (χ2n) is 1.57. The SMILES string of the molecule is C=C(C)C(=O)[O-].O=C([O-])CCl.[Cu+]. The molecule has 0 rings (SSSR count). The average Bonchev–Trinajstić information content (AvgIpc) is 1.89. The molecule has 0 aromatic carbocycles. The first-order chi connectivity index (χ1) is 4.91. The van der Waals surface area contributed by atoms with Crippen molar-refractivity contribution in [2.24, 2.45) is 0 Å². The van der Waals surface area contributed by atoms with Crippen molar-refractivity contribution in [3.05, 3.63) is 12.2 Å². The Hall–Kier alpha value is -0.511. The fourth-order valence-electron chi connectivity index (χ4n) is 0. The van der Waals surface area contributed by atoms with E-state index in [1.54, 1.807) is 0 Å². The van der Waals surface area contributed by atoms with Crippen LogP contribution in [0.3, 0.4) is 0 Å². The van der Waals surface area contributed by atoms with Crippen LogP contribution in [0.4, 0.5) is 0 Å². The van der Waals surface area contributed by atoms with Crippen LogP contribution in [0.1, 0.15) is 6.92 Å². The largest absolute Gasteiger partial charge is 1.00 e. The van der Waals surface area contributed by atoms with Crippen LogP contribution in [0.2, 0.25) is 0 Å². The Labute approximate surface area is 85.7 Å². The van der Waals surface area contributed by atoms with E-state index in [1.807, 2.05) is 0 Å². The average molecular weight is 242 g/mol. The molecule has 0 aromatic rings. The molecule has 0 aromatic heterocycles. The van der Waals surface area contributed by atoms with Crippen molar-refractivity contribution in [3.63, 3.8) is 0 Å². The number of hydrogen-bond donors (Lipinski definition) is 0. The second kappa shape index (κ2) is 10.5. The fraction of sp³-hybridized carbons (Fsp3) is 0.333. The molecular formula is C6H7ClCuO4-. The zero-order valence-corrected chi connectivity index (χ0v) is 7.92. The van der Waals surface area contributed by atoms with E-state index >= 15 is 0 Å². The maximum Gasteiger partial charge on any atom is 1.00 e. The molecule has 0 heterocycles. The molecule has 0 aliphatic rings. The maximum absolute atomic E-state index is 9.49. The van der Waals surface area contributed by atoms with Gasteiger partial charge in [-0.25, -0.2) is 0 Å². The van der Waals surface area contributed by atoms with Crippen LogP contribution in [0.5, 0.6) is 0 Å². The van der Waals surface area contributed by atoms with Gasteiger partial charge in [0.25, 0.3) is 0 Å². The van der Waals surface area contributed by atoms with Crippen molar-refractivity contribution < 1.29 is 36.9 Å². The van der Waals surface area contributed by atoms with Gasteiger partial charge in [0.15, 0.2) is 0 Å². The van der Waals surface area contributed by atoms with Gasteiger partial charge in [0.2, 0.25) is 0 Å². The summed E-state index contributed by atoms with van der Waals surface area (Å²) in [5, 5.41) is 18.6. The van der Waals surface area contributed by atoms with Gasteiger partial charge in [-0.2, -0.15) is 0 Å². The molecule has 0 amide bonds. The number of hydrogen-bond acceptors (Lipinski definition) is 4. The summed E-state index contributed by atoms with van der Waals surface area (Å²) in [5.74, 6) is -2.83. The molecule has 0 saturated heterocycles. The van der Waals surface area contributed by atoms with Gasteiger partial charge >= 0.3 is 17.1 Å². The predicted octanol–water partition coefficient (Wildman–Crippen LogP) is -1.71. The molecule has 0 bridgehead atoms. The summed E-state index contributed by atoms with van der Waals surface area (Å²) in [6.07, 6.45) is 0. The zero-order valence-electron chi connectivity index (χ0n) is 6.23. The van der Waals surface area contributed by atoms with Crippen LogP contribution in [0.25, 0.3) is 0 Å². The Morgan fingerprint density at radius 2 is 1.58 bits per heavy atom. The molecule has 0 aliphatic carbocycles. The van der Waals surface area contributed by atoms with Crippen molar-refractivity contribution in [2.45, 2.75) is 6.92 Å². The third kappa shape index (κ3) is 22.7. The summed E-state index contributed by atoms with van der Waals surface area (Å²) in [5.41, 5.74) is 0.0648. The van der Waals surface area contributed by atoms with Crippen molar-refractivity contribution in [3.8, 4) is 0 Å². The van der Waals surface area contributed by atoms with Crippen molar-refractivity contribution >= 4 is 23.5 Å². The van der Waals surface area contributed by atoms with E-state index in [1.165, 1.54) is 6.92 Å². The van der Waals surface area contributed by atoms with Crippen LogP contribution in [-0.2, 0) is 26.7 Å². The minimum atomic E-state index is -1.23. The van der Waals surface area contributed by atoms with Crippen molar-refractivity contribution in [1.82, 2.24) is 0 Å². The number of alkyl halides is 1. The Balaban J connectivity index is -0.000000126. The number of carbonyl (C=O) groups excluding carboxylic acids is 2. The molecule has 0 saturated carbocycles. The van der Waals surface area contributed by atoms with Gasteiger partial charge in [-0.3, -0.25) is 0 Å². The van der Waals surface area contributed by atoms with Gasteiger partial charge in [0, 0.05) is 0 Å². The molecule has 4 nitrogen and oxygen atoms in total. The van der Waals surface area contributed by atoms with E-state index in [4.69, 9.17) is 9.90 Å². The molecule has 0 unspecified atom stereocenters. The summed E-state index contributed by atoms with van der Waals surface area (Å²) in [4.78, 5) is 18.6. The third-order valence-electron chi connectivity index (χ3n) is 0.458. The molecule has 0 atom stereocenters. The van der Waals surface area contributed by atoms with E-state index in [9.17, 15) is 9.90 Å². The number of carbonyl (C=O) groups is 2. The van der Waals surface area contributed by atoms with E-state index in [2.05, 4.69) is 18.2 Å². The summed E-state index contributed by atoms with van der Waals surface area (Å²) in [6.45, 7) is 4.48. The quantitative estimate of drug-likeness (QED) is 0.328. The standard InChI is InChI=1S/C4H6O2.C2H3ClO2.Cu/c1-3(2)4(5)6;3-1-2(4)5;/h1H2,2H3,(H,5,6);1H2,(H,4,5);/q;;+1/p-2. The van der Waals surface area contributed by atoms with E-state index < -0.39 is 17.8 Å². The number of carboxylic acids is 2. The first-order valence-corrected chi connectivity index (χ1v) is 3.08. The number of aliphatic carboxylic acids is 2. The summed E-state index contributed by atoms with van der Waals surface area (Å²) < 4.78 is 0. The fourth-order valence-corrected chi connectivity index (χ4v) is 0. The van der Waals surface area contributed by atoms with E-state index in [0.717, 1.165) is 0 Å². The Bertz CT molecular complexity index is 157. The van der Waals surface area contributed by atoms with Crippen molar-refractivity contribution in [2.75, 3.05) is 5.88 Å². The molecule has 0 radical (unpaired) electrons.